The average Bonchev–Trinajstić information content (AvgIpc) is 3.50. The smallest absolute Gasteiger partial charge is 0.170 e. The summed E-state index contributed by atoms with van der Waals surface area (Å²) < 4.78 is 8.32. The Balaban J connectivity index is 1.51. The first kappa shape index (κ1) is 19.1. The molecule has 2 aliphatic heterocycles. The molecule has 3 atom stereocenters. The topological polar surface area (TPSA) is 42.3 Å². The number of nitrogens with zero attached hydrogens (tertiary/aromatic N) is 3. The third-order valence-corrected chi connectivity index (χ3v) is 7.02. The first-order chi connectivity index (χ1) is 14.3. The van der Waals surface area contributed by atoms with Crippen molar-refractivity contribution >= 4 is 17.3 Å². The highest BCUT2D eigenvalue weighted by molar-refractivity contribution is 7.80. The fourth-order valence-electron chi connectivity index (χ4n) is 5.30. The van der Waals surface area contributed by atoms with Crippen LogP contribution in [-0.2, 0) is 11.3 Å². The van der Waals surface area contributed by atoms with Crippen molar-refractivity contribution < 1.29 is 4.74 Å². The third-order valence-electron chi connectivity index (χ3n) is 6.70. The Bertz CT molecular complexity index is 826. The molecule has 0 spiro atoms. The number of thiocarbonyl (C=S) groups is 1. The minimum atomic E-state index is 0.0729. The molecule has 1 aliphatic carbocycles. The predicted octanol–water partition coefficient (Wildman–Crippen LogP) is 4.37. The van der Waals surface area contributed by atoms with Gasteiger partial charge in [-0.15, -0.1) is 0 Å². The maximum Gasteiger partial charge on any atom is 0.170 e. The van der Waals surface area contributed by atoms with Gasteiger partial charge in [-0.25, -0.2) is 0 Å². The van der Waals surface area contributed by atoms with Gasteiger partial charge in [0.1, 0.15) is 0 Å². The van der Waals surface area contributed by atoms with Crippen LogP contribution in [0.15, 0.2) is 42.7 Å². The van der Waals surface area contributed by atoms with Crippen molar-refractivity contribution in [1.82, 2.24) is 19.8 Å². The molecule has 0 aromatic carbocycles. The normalized spacial score (nSPS) is 28.1. The summed E-state index contributed by atoms with van der Waals surface area (Å²) in [5, 5.41) is 4.50. The molecule has 5 nitrogen and oxygen atoms in total. The zero-order valence-corrected chi connectivity index (χ0v) is 17.7. The molecule has 2 aromatic heterocycles. The van der Waals surface area contributed by atoms with Crippen LogP contribution in [0.5, 0.6) is 0 Å². The van der Waals surface area contributed by atoms with Gasteiger partial charge in [0.15, 0.2) is 5.11 Å². The molecule has 0 bridgehead atoms. The molecule has 154 valence electrons. The molecule has 2 aromatic rings. The van der Waals surface area contributed by atoms with Gasteiger partial charge < -0.3 is 19.5 Å². The van der Waals surface area contributed by atoms with Crippen molar-refractivity contribution in [2.24, 2.45) is 0 Å². The highest BCUT2D eigenvalue weighted by Crippen LogP contribution is 2.42. The maximum absolute atomic E-state index is 5.93. The monoisotopic (exact) mass is 410 g/mol. The van der Waals surface area contributed by atoms with Crippen molar-refractivity contribution in [2.45, 2.75) is 75.7 Å². The second-order valence-corrected chi connectivity index (χ2v) is 8.93. The van der Waals surface area contributed by atoms with E-state index < -0.39 is 0 Å². The second kappa shape index (κ2) is 8.44. The van der Waals surface area contributed by atoms with Gasteiger partial charge in [0.25, 0.3) is 0 Å². The van der Waals surface area contributed by atoms with E-state index >= 15 is 0 Å². The SMILES string of the molecule is S=C1N[C@H](c2ccccn2)[C@@H](c2cccn2C[C@@H]2CCCO2)N1C1CCCCC1. The summed E-state index contributed by atoms with van der Waals surface area (Å²) in [6.07, 6.45) is 13.1. The van der Waals surface area contributed by atoms with E-state index in [2.05, 4.69) is 50.2 Å². The first-order valence-electron chi connectivity index (χ1n) is 11.1. The lowest BCUT2D eigenvalue weighted by Crippen LogP contribution is -2.41. The standard InChI is InChI=1S/C23H30N4OS/c29-23-25-21(19-11-4-5-13-24-19)22(27(23)17-8-2-1-3-9-17)20-12-6-14-26(20)16-18-10-7-15-28-18/h4-6,11-14,17-18,21-22H,1-3,7-10,15-16H2,(H,25,29)/t18-,21+,22+/m0/s1. The van der Waals surface area contributed by atoms with Crippen molar-refractivity contribution in [2.75, 3.05) is 6.61 Å². The number of aromatic nitrogens is 2. The van der Waals surface area contributed by atoms with E-state index in [1.54, 1.807) is 0 Å². The van der Waals surface area contributed by atoms with Gasteiger partial charge in [0.2, 0.25) is 0 Å². The van der Waals surface area contributed by atoms with E-state index in [1.807, 2.05) is 12.3 Å². The average molecular weight is 411 g/mol. The van der Waals surface area contributed by atoms with Crippen molar-refractivity contribution in [1.29, 1.82) is 0 Å². The summed E-state index contributed by atoms with van der Waals surface area (Å²) in [5.74, 6) is 0. The number of hydrogen-bond acceptors (Lipinski definition) is 3. The molecule has 6 heteroatoms. The van der Waals surface area contributed by atoms with Crippen LogP contribution in [0.2, 0.25) is 0 Å². The van der Waals surface area contributed by atoms with Crippen LogP contribution in [0.25, 0.3) is 0 Å². The van der Waals surface area contributed by atoms with Crippen LogP contribution in [-0.4, -0.2) is 38.3 Å². The van der Waals surface area contributed by atoms with Crippen LogP contribution < -0.4 is 5.32 Å². The van der Waals surface area contributed by atoms with E-state index in [-0.39, 0.29) is 12.1 Å². The maximum atomic E-state index is 5.93. The van der Waals surface area contributed by atoms with Gasteiger partial charge in [-0.2, -0.15) is 0 Å². The van der Waals surface area contributed by atoms with E-state index in [9.17, 15) is 0 Å². The van der Waals surface area contributed by atoms with Gasteiger partial charge in [-0.3, -0.25) is 4.98 Å². The Labute approximate surface area is 178 Å². The molecular weight excluding hydrogens is 380 g/mol. The molecule has 3 aliphatic rings. The van der Waals surface area contributed by atoms with E-state index in [0.717, 1.165) is 30.4 Å². The van der Waals surface area contributed by atoms with Crippen molar-refractivity contribution in [3.8, 4) is 0 Å². The summed E-state index contributed by atoms with van der Waals surface area (Å²) >= 11 is 5.89. The fraction of sp³-hybridized carbons (Fsp3) is 0.565. The number of ether oxygens (including phenoxy) is 1. The lowest BCUT2D eigenvalue weighted by atomic mass is 9.92. The Hall–Kier alpha value is -1.92. The summed E-state index contributed by atoms with van der Waals surface area (Å²) in [6.45, 7) is 1.81. The van der Waals surface area contributed by atoms with Gasteiger partial charge in [-0.1, -0.05) is 25.3 Å². The molecule has 1 N–H and O–H groups in total. The van der Waals surface area contributed by atoms with Crippen molar-refractivity contribution in [3.63, 3.8) is 0 Å². The zero-order chi connectivity index (χ0) is 19.6. The lowest BCUT2D eigenvalue weighted by molar-refractivity contribution is 0.0945. The quantitative estimate of drug-likeness (QED) is 0.742. The van der Waals surface area contributed by atoms with Crippen molar-refractivity contribution in [3.05, 3.63) is 54.1 Å². The minimum Gasteiger partial charge on any atom is -0.376 e. The third kappa shape index (κ3) is 3.80. The zero-order valence-electron chi connectivity index (χ0n) is 16.9. The Kier molecular flexibility index (Phi) is 5.55. The van der Waals surface area contributed by atoms with E-state index in [1.165, 1.54) is 44.2 Å². The van der Waals surface area contributed by atoms with Crippen LogP contribution in [0, 0.1) is 0 Å². The molecule has 29 heavy (non-hydrogen) atoms. The van der Waals surface area contributed by atoms with Crippen LogP contribution in [0.1, 0.15) is 68.4 Å². The van der Waals surface area contributed by atoms with Crippen LogP contribution in [0.4, 0.5) is 0 Å². The fourth-order valence-corrected chi connectivity index (χ4v) is 5.69. The summed E-state index contributed by atoms with van der Waals surface area (Å²) in [7, 11) is 0. The number of pyridine rings is 1. The number of hydrogen-bond donors (Lipinski definition) is 1. The molecule has 2 saturated heterocycles. The Morgan fingerprint density at radius 1 is 1.07 bits per heavy atom. The number of rotatable bonds is 5. The molecule has 0 unspecified atom stereocenters. The highest BCUT2D eigenvalue weighted by atomic mass is 32.1. The summed E-state index contributed by atoms with van der Waals surface area (Å²) in [6, 6.07) is 11.3. The molecule has 0 amide bonds. The Morgan fingerprint density at radius 3 is 2.72 bits per heavy atom. The number of nitrogens with one attached hydrogen (secondary N) is 1. The van der Waals surface area contributed by atoms with Crippen LogP contribution in [0.3, 0.4) is 0 Å². The van der Waals surface area contributed by atoms with E-state index in [4.69, 9.17) is 17.0 Å². The predicted molar refractivity (Wildman–Crippen MR) is 118 cm³/mol. The summed E-state index contributed by atoms with van der Waals surface area (Å²) in [4.78, 5) is 7.18. The largest absolute Gasteiger partial charge is 0.376 e. The second-order valence-electron chi connectivity index (χ2n) is 8.55. The molecule has 3 fully saturated rings. The molecule has 4 heterocycles. The van der Waals surface area contributed by atoms with Gasteiger partial charge in [0, 0.05) is 37.3 Å². The molecule has 1 saturated carbocycles. The molecule has 5 rings (SSSR count). The Morgan fingerprint density at radius 2 is 1.97 bits per heavy atom. The highest BCUT2D eigenvalue weighted by Gasteiger charge is 2.44. The van der Waals surface area contributed by atoms with Crippen LogP contribution >= 0.6 is 12.2 Å². The van der Waals surface area contributed by atoms with Gasteiger partial charge >= 0.3 is 0 Å². The van der Waals surface area contributed by atoms with Gasteiger partial charge in [0.05, 0.1) is 23.9 Å². The van der Waals surface area contributed by atoms with Gasteiger partial charge in [-0.05, 0) is 62.2 Å². The molecule has 0 radical (unpaired) electrons. The lowest BCUT2D eigenvalue weighted by Gasteiger charge is -2.37. The minimum absolute atomic E-state index is 0.0729. The summed E-state index contributed by atoms with van der Waals surface area (Å²) in [5.41, 5.74) is 2.37. The van der Waals surface area contributed by atoms with E-state index in [0.29, 0.717) is 12.1 Å². The molecular formula is C23H30N4OS. The first-order valence-corrected chi connectivity index (χ1v) is 11.5.